The second kappa shape index (κ2) is 11.1. The molecule has 3 heterocycles. The number of anilines is 1. The third-order valence-electron chi connectivity index (χ3n) is 7.43. The summed E-state index contributed by atoms with van der Waals surface area (Å²) in [6.07, 6.45) is 3.69. The molecule has 3 aromatic heterocycles. The largest absolute Gasteiger partial charge is 2.00 e. The standard InChI is InChI=1S/C35H25N3OS.Pt/c1-38(2)26-17-19-36-32(22-26)24-20-34(40-23-24)39-27-11-9-10-25(21-27)35(33-16-7-8-18-37-33)30-14-5-3-12-28(30)29-13-4-6-15-31(29)35;/h3-19,22-23H,1-2H3;/q-2;+2. The SMILES string of the molecule is CN(C)c1ccnc(-c2[c-]c(Oc3[c-]c(C4(c5ccccn5)c5ccccc5-c5ccccc54)ccc3)sc2)c1.[Pt+2]. The third-order valence-corrected chi connectivity index (χ3v) is 8.19. The van der Waals surface area contributed by atoms with Gasteiger partial charge < -0.3 is 14.6 Å². The second-order valence-corrected chi connectivity index (χ2v) is 10.8. The normalized spacial score (nSPS) is 12.6. The number of hydrogen-bond donors (Lipinski definition) is 0. The fourth-order valence-corrected chi connectivity index (χ4v) is 6.36. The second-order valence-electron chi connectivity index (χ2n) is 9.94. The molecular formula is C35H25N3OPtS. The molecule has 7 rings (SSSR count). The fourth-order valence-electron chi connectivity index (χ4n) is 5.65. The molecule has 6 heteroatoms. The van der Waals surface area contributed by atoms with Crippen molar-refractivity contribution in [2.45, 2.75) is 5.41 Å². The van der Waals surface area contributed by atoms with Crippen molar-refractivity contribution in [1.82, 2.24) is 9.97 Å². The maximum atomic E-state index is 6.36. The van der Waals surface area contributed by atoms with Crippen molar-refractivity contribution < 1.29 is 25.8 Å². The van der Waals surface area contributed by atoms with Crippen LogP contribution in [0.15, 0.2) is 115 Å². The average Bonchev–Trinajstić information content (AvgIpc) is 3.59. The average molecular weight is 731 g/mol. The van der Waals surface area contributed by atoms with Crippen LogP contribution < -0.4 is 9.64 Å². The monoisotopic (exact) mass is 730 g/mol. The zero-order chi connectivity index (χ0) is 27.1. The van der Waals surface area contributed by atoms with Crippen molar-refractivity contribution in [1.29, 1.82) is 0 Å². The van der Waals surface area contributed by atoms with Gasteiger partial charge in [-0.3, -0.25) is 4.98 Å². The van der Waals surface area contributed by atoms with Gasteiger partial charge in [0.05, 0.1) is 11.1 Å². The van der Waals surface area contributed by atoms with Gasteiger partial charge in [-0.1, -0.05) is 60.7 Å². The Balaban J connectivity index is 0.00000302. The van der Waals surface area contributed by atoms with Gasteiger partial charge in [0, 0.05) is 37.9 Å². The molecular weight excluding hydrogens is 706 g/mol. The van der Waals surface area contributed by atoms with Crippen molar-refractivity contribution >= 4 is 17.0 Å². The van der Waals surface area contributed by atoms with Crippen LogP contribution in [0.5, 0.6) is 10.8 Å². The minimum Gasteiger partial charge on any atom is -0.487 e. The number of thiophene rings is 1. The molecule has 0 fully saturated rings. The number of nitrogens with zero attached hydrogens (tertiary/aromatic N) is 3. The first-order valence-corrected chi connectivity index (χ1v) is 14.0. The van der Waals surface area contributed by atoms with Crippen molar-refractivity contribution in [3.63, 3.8) is 0 Å². The van der Waals surface area contributed by atoms with Gasteiger partial charge in [-0.2, -0.15) is 29.0 Å². The minimum atomic E-state index is -0.616. The number of rotatable bonds is 6. The maximum Gasteiger partial charge on any atom is 2.00 e. The Hall–Kier alpha value is -4.05. The van der Waals surface area contributed by atoms with E-state index in [1.165, 1.54) is 33.6 Å². The first kappa shape index (κ1) is 27.1. The van der Waals surface area contributed by atoms with Gasteiger partial charge in [0.1, 0.15) is 5.06 Å². The van der Waals surface area contributed by atoms with E-state index in [9.17, 15) is 0 Å². The number of hydrogen-bond acceptors (Lipinski definition) is 5. The van der Waals surface area contributed by atoms with Crippen LogP contribution in [-0.4, -0.2) is 24.1 Å². The van der Waals surface area contributed by atoms with E-state index in [1.807, 2.05) is 56.1 Å². The Morgan fingerprint density at radius 2 is 1.49 bits per heavy atom. The molecule has 0 saturated carbocycles. The molecule has 0 atom stereocenters. The van der Waals surface area contributed by atoms with Gasteiger partial charge in [-0.25, -0.2) is 0 Å². The summed E-state index contributed by atoms with van der Waals surface area (Å²) >= 11 is 1.50. The first-order valence-electron chi connectivity index (χ1n) is 13.1. The van der Waals surface area contributed by atoms with Crippen LogP contribution in [-0.2, 0) is 26.5 Å². The molecule has 1 aliphatic rings. The smallest absolute Gasteiger partial charge is 0.487 e. The Morgan fingerprint density at radius 3 is 2.20 bits per heavy atom. The molecule has 1 aliphatic carbocycles. The number of pyridine rings is 2. The predicted octanol–water partition coefficient (Wildman–Crippen LogP) is 8.02. The van der Waals surface area contributed by atoms with Gasteiger partial charge in [0.2, 0.25) is 0 Å². The zero-order valence-corrected chi connectivity index (χ0v) is 25.5. The van der Waals surface area contributed by atoms with Crippen LogP contribution in [0.4, 0.5) is 5.69 Å². The molecule has 41 heavy (non-hydrogen) atoms. The van der Waals surface area contributed by atoms with E-state index in [-0.39, 0.29) is 21.1 Å². The minimum absolute atomic E-state index is 0. The quantitative estimate of drug-likeness (QED) is 0.163. The molecule has 4 nitrogen and oxygen atoms in total. The van der Waals surface area contributed by atoms with Crippen molar-refractivity contribution in [3.05, 3.63) is 149 Å². The van der Waals surface area contributed by atoms with Crippen LogP contribution in [0.2, 0.25) is 0 Å². The van der Waals surface area contributed by atoms with Crippen LogP contribution in [0.3, 0.4) is 0 Å². The van der Waals surface area contributed by atoms with Gasteiger partial charge in [-0.15, -0.1) is 29.1 Å². The molecule has 0 unspecified atom stereocenters. The van der Waals surface area contributed by atoms with Crippen LogP contribution in [0.1, 0.15) is 22.4 Å². The fraction of sp³-hybridized carbons (Fsp3) is 0.0857. The van der Waals surface area contributed by atoms with Gasteiger partial charge >= 0.3 is 21.1 Å². The number of aromatic nitrogens is 2. The predicted molar refractivity (Wildman–Crippen MR) is 161 cm³/mol. The Labute approximate surface area is 258 Å². The summed E-state index contributed by atoms with van der Waals surface area (Å²) in [5, 5.41) is 2.69. The Kier molecular flexibility index (Phi) is 7.33. The number of ether oxygens (including phenoxy) is 1. The molecule has 6 aromatic rings. The van der Waals surface area contributed by atoms with E-state index < -0.39 is 5.41 Å². The van der Waals surface area contributed by atoms with Crippen LogP contribution >= 0.6 is 11.3 Å². The molecule has 0 spiro atoms. The van der Waals surface area contributed by atoms with Gasteiger partial charge in [0.15, 0.2) is 0 Å². The molecule has 0 amide bonds. The van der Waals surface area contributed by atoms with Crippen molar-refractivity contribution in [2.24, 2.45) is 0 Å². The number of benzene rings is 3. The summed E-state index contributed by atoms with van der Waals surface area (Å²) in [4.78, 5) is 11.5. The summed E-state index contributed by atoms with van der Waals surface area (Å²) < 4.78 is 6.36. The molecule has 0 N–H and O–H groups in total. The number of fused-ring (bicyclic) bond motifs is 3. The van der Waals surface area contributed by atoms with E-state index in [0.29, 0.717) is 10.8 Å². The van der Waals surface area contributed by atoms with Crippen LogP contribution in [0, 0.1) is 12.1 Å². The molecule has 0 aliphatic heterocycles. The topological polar surface area (TPSA) is 38.2 Å². The molecule has 0 radical (unpaired) electrons. The van der Waals surface area contributed by atoms with E-state index in [0.717, 1.165) is 28.2 Å². The Morgan fingerprint density at radius 1 is 0.756 bits per heavy atom. The van der Waals surface area contributed by atoms with E-state index in [1.54, 1.807) is 0 Å². The zero-order valence-electron chi connectivity index (χ0n) is 22.4. The maximum absolute atomic E-state index is 6.36. The van der Waals surface area contributed by atoms with Crippen molar-refractivity contribution in [3.8, 4) is 33.2 Å². The summed E-state index contributed by atoms with van der Waals surface area (Å²) in [6.45, 7) is 0. The summed E-state index contributed by atoms with van der Waals surface area (Å²) in [5.41, 5.74) is 9.00. The van der Waals surface area contributed by atoms with Crippen LogP contribution in [0.25, 0.3) is 22.4 Å². The Bertz CT molecular complexity index is 1790. The van der Waals surface area contributed by atoms with Crippen molar-refractivity contribution in [2.75, 3.05) is 19.0 Å². The molecule has 0 saturated heterocycles. The first-order chi connectivity index (χ1) is 19.6. The third kappa shape index (κ3) is 4.60. The molecule has 202 valence electrons. The van der Waals surface area contributed by atoms with Gasteiger partial charge in [0.25, 0.3) is 0 Å². The summed E-state index contributed by atoms with van der Waals surface area (Å²) in [6, 6.07) is 40.5. The van der Waals surface area contributed by atoms with E-state index in [4.69, 9.17) is 9.72 Å². The summed E-state index contributed by atoms with van der Waals surface area (Å²) in [7, 11) is 4.04. The molecule has 3 aromatic carbocycles. The molecule has 0 bridgehead atoms. The van der Waals surface area contributed by atoms with E-state index >= 15 is 0 Å². The van der Waals surface area contributed by atoms with E-state index in [2.05, 4.69) is 94.8 Å². The summed E-state index contributed by atoms with van der Waals surface area (Å²) in [5.74, 6) is 0.634. The van der Waals surface area contributed by atoms with Gasteiger partial charge in [-0.05, 0) is 46.1 Å².